The maximum Gasteiger partial charge on any atom is 0.434 e. The first kappa shape index (κ1) is 15.5. The van der Waals surface area contributed by atoms with Gasteiger partial charge in [-0.05, 0) is 32.2 Å². The van der Waals surface area contributed by atoms with Gasteiger partial charge >= 0.3 is 6.18 Å². The number of alkyl halides is 3. The molecule has 1 unspecified atom stereocenters. The Morgan fingerprint density at radius 2 is 2.14 bits per heavy atom. The van der Waals surface area contributed by atoms with E-state index in [-0.39, 0.29) is 24.1 Å². The lowest BCUT2D eigenvalue weighted by Gasteiger charge is -2.33. The molecule has 0 amide bonds. The summed E-state index contributed by atoms with van der Waals surface area (Å²) in [5, 5.41) is 9.63. The molecule has 3 rings (SSSR count). The second kappa shape index (κ2) is 5.66. The third kappa shape index (κ3) is 2.77. The van der Waals surface area contributed by atoms with Crippen molar-refractivity contribution in [3.05, 3.63) is 18.1 Å². The number of halogens is 3. The van der Waals surface area contributed by atoms with Gasteiger partial charge in [0.2, 0.25) is 5.88 Å². The SMILES string of the molecule is OCC12CCCN1[C@H](COc1cnc(C(F)(F)F)cn1)CC2. The van der Waals surface area contributed by atoms with Crippen LogP contribution in [0.25, 0.3) is 0 Å². The van der Waals surface area contributed by atoms with Gasteiger partial charge in [0, 0.05) is 11.6 Å². The highest BCUT2D eigenvalue weighted by molar-refractivity contribution is 5.10. The normalized spacial score (nSPS) is 28.8. The van der Waals surface area contributed by atoms with Crippen LogP contribution in [0.3, 0.4) is 0 Å². The second-order valence-electron chi connectivity index (χ2n) is 5.92. The summed E-state index contributed by atoms with van der Waals surface area (Å²) in [4.78, 5) is 9.25. The van der Waals surface area contributed by atoms with Crippen LogP contribution in [-0.2, 0) is 6.18 Å². The van der Waals surface area contributed by atoms with E-state index >= 15 is 0 Å². The molecule has 5 nitrogen and oxygen atoms in total. The van der Waals surface area contributed by atoms with E-state index in [1.54, 1.807) is 0 Å². The molecular weight excluding hydrogens is 299 g/mol. The summed E-state index contributed by atoms with van der Waals surface area (Å²) >= 11 is 0. The minimum Gasteiger partial charge on any atom is -0.475 e. The Bertz CT molecular complexity index is 523. The zero-order valence-electron chi connectivity index (χ0n) is 12.0. The molecule has 0 bridgehead atoms. The zero-order valence-corrected chi connectivity index (χ0v) is 12.0. The van der Waals surface area contributed by atoms with Crippen molar-refractivity contribution in [2.45, 2.75) is 43.4 Å². The number of rotatable bonds is 4. The number of ether oxygens (including phenoxy) is 1. The topological polar surface area (TPSA) is 58.5 Å². The lowest BCUT2D eigenvalue weighted by Crippen LogP contribution is -2.46. The summed E-state index contributed by atoms with van der Waals surface area (Å²) in [6, 6.07) is 0.166. The summed E-state index contributed by atoms with van der Waals surface area (Å²) < 4.78 is 42.7. The quantitative estimate of drug-likeness (QED) is 0.918. The van der Waals surface area contributed by atoms with Crippen LogP contribution in [0.1, 0.15) is 31.4 Å². The molecule has 2 aliphatic rings. The van der Waals surface area contributed by atoms with Crippen molar-refractivity contribution in [1.82, 2.24) is 14.9 Å². The van der Waals surface area contributed by atoms with Gasteiger partial charge in [-0.25, -0.2) is 9.97 Å². The van der Waals surface area contributed by atoms with Gasteiger partial charge in [-0.2, -0.15) is 13.2 Å². The van der Waals surface area contributed by atoms with Crippen LogP contribution in [0.15, 0.2) is 12.4 Å². The number of hydrogen-bond donors (Lipinski definition) is 1. The van der Waals surface area contributed by atoms with Crippen LogP contribution in [0.4, 0.5) is 13.2 Å². The smallest absolute Gasteiger partial charge is 0.434 e. The first-order valence-electron chi connectivity index (χ1n) is 7.34. The fourth-order valence-electron chi connectivity index (χ4n) is 3.53. The lowest BCUT2D eigenvalue weighted by atomic mass is 9.95. The molecule has 22 heavy (non-hydrogen) atoms. The van der Waals surface area contributed by atoms with Gasteiger partial charge in [0.15, 0.2) is 5.69 Å². The van der Waals surface area contributed by atoms with E-state index < -0.39 is 11.9 Å². The van der Waals surface area contributed by atoms with Crippen molar-refractivity contribution < 1.29 is 23.0 Å². The standard InChI is InChI=1S/C14H18F3N3O2/c15-14(16,17)11-6-19-12(7-18-11)22-8-10-2-4-13(9-21)3-1-5-20(10)13/h6-7,10,21H,1-5,8-9H2/t10-,13?/m0/s1. The number of aliphatic hydroxyl groups excluding tert-OH is 1. The summed E-state index contributed by atoms with van der Waals surface area (Å²) in [6.07, 6.45) is 1.06. The van der Waals surface area contributed by atoms with Crippen LogP contribution >= 0.6 is 0 Å². The Morgan fingerprint density at radius 1 is 1.32 bits per heavy atom. The molecule has 122 valence electrons. The van der Waals surface area contributed by atoms with E-state index in [9.17, 15) is 18.3 Å². The number of fused-ring (bicyclic) bond motifs is 1. The maximum absolute atomic E-state index is 12.4. The predicted molar refractivity (Wildman–Crippen MR) is 71.3 cm³/mol. The summed E-state index contributed by atoms with van der Waals surface area (Å²) in [5.74, 6) is 0.0914. The Hall–Kier alpha value is -1.41. The third-order valence-corrected chi connectivity index (χ3v) is 4.67. The molecule has 3 heterocycles. The van der Waals surface area contributed by atoms with Crippen molar-refractivity contribution in [2.24, 2.45) is 0 Å². The molecule has 0 aromatic carbocycles. The first-order chi connectivity index (χ1) is 10.4. The molecule has 0 aliphatic carbocycles. The zero-order chi connectivity index (χ0) is 15.8. The summed E-state index contributed by atoms with van der Waals surface area (Å²) in [6.45, 7) is 1.42. The van der Waals surface area contributed by atoms with E-state index in [2.05, 4.69) is 14.9 Å². The molecule has 2 atom stereocenters. The van der Waals surface area contributed by atoms with Crippen LogP contribution < -0.4 is 4.74 Å². The highest BCUT2D eigenvalue weighted by Gasteiger charge is 2.48. The molecule has 0 saturated carbocycles. The molecule has 2 aliphatic heterocycles. The molecule has 2 saturated heterocycles. The fraction of sp³-hybridized carbons (Fsp3) is 0.714. The van der Waals surface area contributed by atoms with Crippen LogP contribution in [-0.4, -0.2) is 51.3 Å². The molecule has 0 radical (unpaired) electrons. The average Bonchev–Trinajstić information content (AvgIpc) is 3.04. The molecule has 0 spiro atoms. The van der Waals surface area contributed by atoms with Crippen molar-refractivity contribution in [1.29, 1.82) is 0 Å². The molecule has 1 aromatic rings. The summed E-state index contributed by atoms with van der Waals surface area (Å²) in [7, 11) is 0. The largest absolute Gasteiger partial charge is 0.475 e. The predicted octanol–water partition coefficient (Wildman–Crippen LogP) is 1.86. The van der Waals surface area contributed by atoms with E-state index in [1.807, 2.05) is 0 Å². The van der Waals surface area contributed by atoms with Crippen LogP contribution in [0.5, 0.6) is 5.88 Å². The molecule has 1 N–H and O–H groups in total. The monoisotopic (exact) mass is 317 g/mol. The maximum atomic E-state index is 12.4. The molecular formula is C14H18F3N3O2. The van der Waals surface area contributed by atoms with E-state index in [1.165, 1.54) is 0 Å². The lowest BCUT2D eigenvalue weighted by molar-refractivity contribution is -0.141. The van der Waals surface area contributed by atoms with Gasteiger partial charge in [0.1, 0.15) is 6.61 Å². The Labute approximate surface area is 126 Å². The number of nitrogens with zero attached hydrogens (tertiary/aromatic N) is 3. The van der Waals surface area contributed by atoms with Gasteiger partial charge in [-0.15, -0.1) is 0 Å². The van der Waals surface area contributed by atoms with Crippen molar-refractivity contribution >= 4 is 0 Å². The van der Waals surface area contributed by atoms with Crippen LogP contribution in [0, 0.1) is 0 Å². The number of aliphatic hydroxyl groups is 1. The van der Waals surface area contributed by atoms with Gasteiger partial charge < -0.3 is 9.84 Å². The highest BCUT2D eigenvalue weighted by atomic mass is 19.4. The highest BCUT2D eigenvalue weighted by Crippen LogP contribution is 2.42. The van der Waals surface area contributed by atoms with Crippen molar-refractivity contribution in [2.75, 3.05) is 19.8 Å². The summed E-state index contributed by atoms with van der Waals surface area (Å²) in [5.41, 5.74) is -1.15. The number of hydrogen-bond acceptors (Lipinski definition) is 5. The van der Waals surface area contributed by atoms with Gasteiger partial charge in [-0.1, -0.05) is 0 Å². The minimum absolute atomic E-state index is 0.0914. The van der Waals surface area contributed by atoms with Gasteiger partial charge in [0.25, 0.3) is 0 Å². The Morgan fingerprint density at radius 3 is 2.77 bits per heavy atom. The fourth-order valence-corrected chi connectivity index (χ4v) is 3.53. The molecule has 2 fully saturated rings. The third-order valence-electron chi connectivity index (χ3n) is 4.67. The second-order valence-corrected chi connectivity index (χ2v) is 5.92. The first-order valence-corrected chi connectivity index (χ1v) is 7.34. The minimum atomic E-state index is -4.49. The van der Waals surface area contributed by atoms with Gasteiger partial charge in [-0.3, -0.25) is 4.90 Å². The molecule has 1 aromatic heterocycles. The molecule has 8 heteroatoms. The average molecular weight is 317 g/mol. The van der Waals surface area contributed by atoms with E-state index in [0.29, 0.717) is 12.8 Å². The van der Waals surface area contributed by atoms with Crippen molar-refractivity contribution in [3.8, 4) is 5.88 Å². The Kier molecular flexibility index (Phi) is 3.98. The van der Waals surface area contributed by atoms with E-state index in [4.69, 9.17) is 4.74 Å². The van der Waals surface area contributed by atoms with Gasteiger partial charge in [0.05, 0.1) is 19.0 Å². The van der Waals surface area contributed by atoms with Crippen molar-refractivity contribution in [3.63, 3.8) is 0 Å². The number of aromatic nitrogens is 2. The van der Waals surface area contributed by atoms with E-state index in [0.717, 1.165) is 38.4 Å². The van der Waals surface area contributed by atoms with Crippen LogP contribution in [0.2, 0.25) is 0 Å². The Balaban J connectivity index is 1.59.